The van der Waals surface area contributed by atoms with E-state index in [0.717, 1.165) is 53.9 Å². The Morgan fingerprint density at radius 3 is 2.86 bits per heavy atom. The maximum absolute atomic E-state index is 6.03. The van der Waals surface area contributed by atoms with Crippen LogP contribution in [0.5, 0.6) is 0 Å². The lowest BCUT2D eigenvalue weighted by Gasteiger charge is -2.33. The van der Waals surface area contributed by atoms with Crippen molar-refractivity contribution in [2.75, 3.05) is 30.8 Å². The molecule has 114 valence electrons. The van der Waals surface area contributed by atoms with Crippen molar-refractivity contribution in [2.45, 2.75) is 26.7 Å². The predicted octanol–water partition coefficient (Wildman–Crippen LogP) is 3.39. The number of aryl methyl sites for hydroxylation is 1. The van der Waals surface area contributed by atoms with Crippen molar-refractivity contribution < 1.29 is 4.74 Å². The van der Waals surface area contributed by atoms with Crippen molar-refractivity contribution in [3.05, 3.63) is 11.1 Å². The standard InChI is InChI=1S/C14H20N4OS2/c1-9-7-20-13(17-9)10-11(15)18-21-12(10)16-8-14(2)3-5-19-6-4-14/h7,16H,3-6,8H2,1-2H3,(H2,15,18). The molecule has 1 saturated heterocycles. The summed E-state index contributed by atoms with van der Waals surface area (Å²) in [5.74, 6) is 0.564. The van der Waals surface area contributed by atoms with Gasteiger partial charge in [0.2, 0.25) is 0 Å². The average Bonchev–Trinajstić information content (AvgIpc) is 3.03. The van der Waals surface area contributed by atoms with Gasteiger partial charge in [-0.3, -0.25) is 0 Å². The van der Waals surface area contributed by atoms with Crippen LogP contribution in [-0.4, -0.2) is 29.1 Å². The van der Waals surface area contributed by atoms with Gasteiger partial charge in [-0.25, -0.2) is 4.98 Å². The number of anilines is 2. The molecular formula is C14H20N4OS2. The molecule has 0 unspecified atom stereocenters. The summed E-state index contributed by atoms with van der Waals surface area (Å²) in [6.07, 6.45) is 2.17. The van der Waals surface area contributed by atoms with Crippen molar-refractivity contribution in [1.82, 2.24) is 9.36 Å². The normalized spacial score (nSPS) is 17.8. The minimum atomic E-state index is 0.271. The van der Waals surface area contributed by atoms with Crippen LogP contribution in [0.1, 0.15) is 25.5 Å². The van der Waals surface area contributed by atoms with E-state index in [2.05, 4.69) is 21.6 Å². The number of hydrogen-bond donors (Lipinski definition) is 2. The topological polar surface area (TPSA) is 73.1 Å². The van der Waals surface area contributed by atoms with Crippen molar-refractivity contribution in [1.29, 1.82) is 0 Å². The zero-order valence-corrected chi connectivity index (χ0v) is 13.9. The summed E-state index contributed by atoms with van der Waals surface area (Å²) in [4.78, 5) is 4.53. The molecule has 0 atom stereocenters. The lowest BCUT2D eigenvalue weighted by molar-refractivity contribution is 0.0300. The van der Waals surface area contributed by atoms with Crippen molar-refractivity contribution in [2.24, 2.45) is 5.41 Å². The van der Waals surface area contributed by atoms with Gasteiger partial charge >= 0.3 is 0 Å². The first-order valence-electron chi connectivity index (χ1n) is 7.07. The Labute approximate surface area is 132 Å². The lowest BCUT2D eigenvalue weighted by Crippen LogP contribution is -2.33. The fourth-order valence-corrected chi connectivity index (χ4v) is 4.06. The second-order valence-corrected chi connectivity index (χ2v) is 7.47. The lowest BCUT2D eigenvalue weighted by atomic mass is 9.82. The Hall–Kier alpha value is -1.18. The molecule has 2 aromatic rings. The first-order valence-corrected chi connectivity index (χ1v) is 8.72. The molecule has 1 aliphatic heterocycles. The minimum absolute atomic E-state index is 0.271. The van der Waals surface area contributed by atoms with Gasteiger partial charge < -0.3 is 15.8 Å². The Morgan fingerprint density at radius 1 is 1.43 bits per heavy atom. The average molecular weight is 324 g/mol. The third-order valence-corrected chi connectivity index (χ3v) is 5.72. The zero-order valence-electron chi connectivity index (χ0n) is 12.3. The first kappa shape index (κ1) is 14.7. The molecule has 5 nitrogen and oxygen atoms in total. The van der Waals surface area contributed by atoms with Crippen LogP contribution in [-0.2, 0) is 4.74 Å². The predicted molar refractivity (Wildman–Crippen MR) is 89.0 cm³/mol. The zero-order chi connectivity index (χ0) is 14.9. The van der Waals surface area contributed by atoms with Crippen molar-refractivity contribution in [3.63, 3.8) is 0 Å². The molecule has 0 spiro atoms. The van der Waals surface area contributed by atoms with Gasteiger partial charge in [-0.2, -0.15) is 4.37 Å². The van der Waals surface area contributed by atoms with Gasteiger partial charge in [0.05, 0.1) is 5.56 Å². The van der Waals surface area contributed by atoms with E-state index in [0.29, 0.717) is 5.82 Å². The summed E-state index contributed by atoms with van der Waals surface area (Å²) >= 11 is 3.03. The minimum Gasteiger partial charge on any atom is -0.382 e. The first-order chi connectivity index (χ1) is 10.1. The van der Waals surface area contributed by atoms with Gasteiger partial charge in [0.1, 0.15) is 15.8 Å². The van der Waals surface area contributed by atoms with E-state index in [-0.39, 0.29) is 5.41 Å². The molecule has 1 fully saturated rings. The molecule has 1 aliphatic rings. The highest BCUT2D eigenvalue weighted by Gasteiger charge is 2.28. The fourth-order valence-electron chi connectivity index (χ4n) is 2.43. The van der Waals surface area contributed by atoms with Crippen LogP contribution in [0, 0.1) is 12.3 Å². The third kappa shape index (κ3) is 3.20. The summed E-state index contributed by atoms with van der Waals surface area (Å²) in [5.41, 5.74) is 8.27. The van der Waals surface area contributed by atoms with Crippen LogP contribution >= 0.6 is 22.9 Å². The molecule has 0 saturated carbocycles. The highest BCUT2D eigenvalue weighted by atomic mass is 32.1. The Kier molecular flexibility index (Phi) is 4.14. The number of ether oxygens (including phenoxy) is 1. The summed E-state index contributed by atoms with van der Waals surface area (Å²) in [6.45, 7) is 6.91. The van der Waals surface area contributed by atoms with E-state index in [4.69, 9.17) is 10.5 Å². The molecule has 2 aromatic heterocycles. The second kappa shape index (κ2) is 5.90. The van der Waals surface area contributed by atoms with Crippen molar-refractivity contribution in [3.8, 4) is 10.6 Å². The molecule has 7 heteroatoms. The van der Waals surface area contributed by atoms with Gasteiger partial charge in [0.25, 0.3) is 0 Å². The second-order valence-electron chi connectivity index (χ2n) is 5.84. The number of aromatic nitrogens is 2. The van der Waals surface area contributed by atoms with E-state index < -0.39 is 0 Å². The number of rotatable bonds is 4. The van der Waals surface area contributed by atoms with Crippen LogP contribution in [0.2, 0.25) is 0 Å². The molecular weight excluding hydrogens is 304 g/mol. The number of nitrogen functional groups attached to an aromatic ring is 1. The fraction of sp³-hybridized carbons (Fsp3) is 0.571. The molecule has 3 rings (SSSR count). The number of hydrogen-bond acceptors (Lipinski definition) is 7. The van der Waals surface area contributed by atoms with Crippen LogP contribution < -0.4 is 11.1 Å². The quantitative estimate of drug-likeness (QED) is 0.902. The van der Waals surface area contributed by atoms with Gasteiger partial charge in [0.15, 0.2) is 0 Å². The molecule has 0 radical (unpaired) electrons. The number of nitrogens with zero attached hydrogens (tertiary/aromatic N) is 2. The van der Waals surface area contributed by atoms with Crippen LogP contribution in [0.4, 0.5) is 10.8 Å². The Morgan fingerprint density at radius 2 is 2.19 bits per heavy atom. The van der Waals surface area contributed by atoms with Gasteiger partial charge in [-0.15, -0.1) is 11.3 Å². The van der Waals surface area contributed by atoms with Gasteiger partial charge in [-0.05, 0) is 36.7 Å². The molecule has 0 aromatic carbocycles. The maximum atomic E-state index is 6.03. The molecule has 0 aliphatic carbocycles. The number of nitrogens with one attached hydrogen (secondary N) is 1. The van der Waals surface area contributed by atoms with E-state index in [9.17, 15) is 0 Å². The third-order valence-electron chi connectivity index (χ3n) is 3.93. The highest BCUT2D eigenvalue weighted by Crippen LogP contribution is 2.39. The molecule has 3 heterocycles. The maximum Gasteiger partial charge on any atom is 0.149 e. The monoisotopic (exact) mass is 324 g/mol. The summed E-state index contributed by atoms with van der Waals surface area (Å²) in [5, 5.41) is 7.54. The number of thiazole rings is 1. The summed E-state index contributed by atoms with van der Waals surface area (Å²) < 4.78 is 9.74. The summed E-state index contributed by atoms with van der Waals surface area (Å²) in [7, 11) is 0. The van der Waals surface area contributed by atoms with E-state index in [1.807, 2.05) is 12.3 Å². The van der Waals surface area contributed by atoms with Crippen molar-refractivity contribution >= 4 is 33.7 Å². The number of nitrogens with two attached hydrogens (primary N) is 1. The Bertz CT molecular complexity index is 616. The van der Waals surface area contributed by atoms with Crippen LogP contribution in [0.25, 0.3) is 10.6 Å². The molecule has 0 amide bonds. The van der Waals surface area contributed by atoms with Gasteiger partial charge in [0, 0.05) is 30.8 Å². The van der Waals surface area contributed by atoms with Gasteiger partial charge in [-0.1, -0.05) is 6.92 Å². The van der Waals surface area contributed by atoms with E-state index in [1.165, 1.54) is 11.5 Å². The molecule has 3 N–H and O–H groups in total. The Balaban J connectivity index is 1.77. The summed E-state index contributed by atoms with van der Waals surface area (Å²) in [6, 6.07) is 0. The SMILES string of the molecule is Cc1csc(-c2c(N)nsc2NCC2(C)CCOCC2)n1. The van der Waals surface area contributed by atoms with E-state index >= 15 is 0 Å². The van der Waals surface area contributed by atoms with Crippen LogP contribution in [0.15, 0.2) is 5.38 Å². The molecule has 21 heavy (non-hydrogen) atoms. The smallest absolute Gasteiger partial charge is 0.149 e. The van der Waals surface area contributed by atoms with Crippen LogP contribution in [0.3, 0.4) is 0 Å². The largest absolute Gasteiger partial charge is 0.382 e. The molecule has 0 bridgehead atoms. The highest BCUT2D eigenvalue weighted by molar-refractivity contribution is 7.15. The van der Waals surface area contributed by atoms with E-state index in [1.54, 1.807) is 11.3 Å².